The van der Waals surface area contributed by atoms with Gasteiger partial charge < -0.3 is 4.90 Å². The molecule has 2 aromatic carbocycles. The number of sulfonamides is 1. The fourth-order valence-corrected chi connectivity index (χ4v) is 5.78. The molecule has 168 valence electrons. The maximum atomic E-state index is 13.1. The molecule has 0 spiro atoms. The molecule has 1 heterocycles. The van der Waals surface area contributed by atoms with Gasteiger partial charge in [0, 0.05) is 51.4 Å². The SMILES string of the molecule is CCN(CC)S(=O)(=O)c1cc(C(=O)N2CCN(Cc3cccc(C)c3)CC2)ccc1C. The summed E-state index contributed by atoms with van der Waals surface area (Å²) < 4.78 is 27.4. The topological polar surface area (TPSA) is 60.9 Å². The van der Waals surface area contributed by atoms with Crippen LogP contribution in [0.15, 0.2) is 47.4 Å². The molecule has 1 saturated heterocycles. The second-order valence-electron chi connectivity index (χ2n) is 8.13. The van der Waals surface area contributed by atoms with Crippen molar-refractivity contribution in [3.8, 4) is 0 Å². The van der Waals surface area contributed by atoms with Gasteiger partial charge in [0.1, 0.15) is 0 Å². The molecular formula is C24H33N3O3S. The van der Waals surface area contributed by atoms with E-state index in [-0.39, 0.29) is 10.8 Å². The van der Waals surface area contributed by atoms with Crippen molar-refractivity contribution in [3.63, 3.8) is 0 Å². The molecule has 6 nitrogen and oxygen atoms in total. The van der Waals surface area contributed by atoms with E-state index in [2.05, 4.69) is 36.1 Å². The van der Waals surface area contributed by atoms with Crippen LogP contribution in [-0.4, -0.2) is 67.7 Å². The van der Waals surface area contributed by atoms with Crippen molar-refractivity contribution < 1.29 is 13.2 Å². The third-order valence-electron chi connectivity index (χ3n) is 5.91. The molecular weight excluding hydrogens is 410 g/mol. The summed E-state index contributed by atoms with van der Waals surface area (Å²) in [6.07, 6.45) is 0. The summed E-state index contributed by atoms with van der Waals surface area (Å²) in [5.74, 6) is -0.105. The Labute approximate surface area is 186 Å². The van der Waals surface area contributed by atoms with Gasteiger partial charge in [-0.05, 0) is 37.1 Å². The summed E-state index contributed by atoms with van der Waals surface area (Å²) in [6.45, 7) is 12.1. The van der Waals surface area contributed by atoms with Crippen molar-refractivity contribution in [3.05, 3.63) is 64.7 Å². The second-order valence-corrected chi connectivity index (χ2v) is 10.0. The normalized spacial score (nSPS) is 15.5. The van der Waals surface area contributed by atoms with Crippen LogP contribution in [-0.2, 0) is 16.6 Å². The van der Waals surface area contributed by atoms with Crippen LogP contribution in [0.25, 0.3) is 0 Å². The lowest BCUT2D eigenvalue weighted by Crippen LogP contribution is -2.48. The Morgan fingerprint density at radius 2 is 1.65 bits per heavy atom. The predicted octanol–water partition coefficient (Wildman–Crippen LogP) is 3.29. The summed E-state index contributed by atoms with van der Waals surface area (Å²) in [4.78, 5) is 17.5. The summed E-state index contributed by atoms with van der Waals surface area (Å²) in [7, 11) is -3.61. The summed E-state index contributed by atoms with van der Waals surface area (Å²) in [5.41, 5.74) is 3.63. The van der Waals surface area contributed by atoms with Crippen LogP contribution in [0, 0.1) is 13.8 Å². The number of hydrogen-bond donors (Lipinski definition) is 0. The molecule has 0 N–H and O–H groups in total. The molecule has 0 bridgehead atoms. The Morgan fingerprint density at radius 3 is 2.26 bits per heavy atom. The molecule has 2 aromatic rings. The summed E-state index contributed by atoms with van der Waals surface area (Å²) in [5, 5.41) is 0. The van der Waals surface area contributed by atoms with Gasteiger partial charge in [-0.15, -0.1) is 0 Å². The van der Waals surface area contributed by atoms with Crippen LogP contribution in [0.2, 0.25) is 0 Å². The quantitative estimate of drug-likeness (QED) is 0.659. The minimum absolute atomic E-state index is 0.105. The van der Waals surface area contributed by atoms with Crippen LogP contribution in [0.3, 0.4) is 0 Å². The molecule has 0 atom stereocenters. The monoisotopic (exact) mass is 443 g/mol. The highest BCUT2D eigenvalue weighted by atomic mass is 32.2. The first-order valence-corrected chi connectivity index (χ1v) is 12.4. The zero-order valence-corrected chi connectivity index (χ0v) is 19.8. The summed E-state index contributed by atoms with van der Waals surface area (Å²) in [6, 6.07) is 13.5. The van der Waals surface area contributed by atoms with Gasteiger partial charge in [0.05, 0.1) is 4.90 Å². The molecule has 1 aliphatic heterocycles. The minimum Gasteiger partial charge on any atom is -0.336 e. The molecule has 31 heavy (non-hydrogen) atoms. The molecule has 0 aromatic heterocycles. The smallest absolute Gasteiger partial charge is 0.253 e. The van der Waals surface area contributed by atoms with E-state index in [1.807, 2.05) is 18.7 Å². The Morgan fingerprint density at radius 1 is 0.968 bits per heavy atom. The van der Waals surface area contributed by atoms with Crippen LogP contribution >= 0.6 is 0 Å². The highest BCUT2D eigenvalue weighted by molar-refractivity contribution is 7.89. The molecule has 0 radical (unpaired) electrons. The maximum Gasteiger partial charge on any atom is 0.253 e. The van der Waals surface area contributed by atoms with E-state index >= 15 is 0 Å². The van der Waals surface area contributed by atoms with Gasteiger partial charge in [-0.1, -0.05) is 49.7 Å². The highest BCUT2D eigenvalue weighted by Gasteiger charge is 2.27. The lowest BCUT2D eigenvalue weighted by Gasteiger charge is -2.35. The van der Waals surface area contributed by atoms with Crippen molar-refractivity contribution in [2.45, 2.75) is 39.1 Å². The number of piperazine rings is 1. The summed E-state index contributed by atoms with van der Waals surface area (Å²) >= 11 is 0. The molecule has 0 unspecified atom stereocenters. The van der Waals surface area contributed by atoms with Gasteiger partial charge in [0.15, 0.2) is 0 Å². The van der Waals surface area contributed by atoms with Gasteiger partial charge in [-0.2, -0.15) is 4.31 Å². The average Bonchev–Trinajstić information content (AvgIpc) is 2.75. The van der Waals surface area contributed by atoms with Gasteiger partial charge in [-0.3, -0.25) is 9.69 Å². The fourth-order valence-electron chi connectivity index (χ4n) is 4.07. The van der Waals surface area contributed by atoms with E-state index in [1.165, 1.54) is 15.4 Å². The third-order valence-corrected chi connectivity index (χ3v) is 8.10. The lowest BCUT2D eigenvalue weighted by atomic mass is 10.1. The number of hydrogen-bond acceptors (Lipinski definition) is 4. The fraction of sp³-hybridized carbons (Fsp3) is 0.458. The Balaban J connectivity index is 1.70. The zero-order chi connectivity index (χ0) is 22.6. The van der Waals surface area contributed by atoms with Crippen molar-refractivity contribution in [2.75, 3.05) is 39.3 Å². The Kier molecular flexibility index (Phi) is 7.51. The van der Waals surface area contributed by atoms with Gasteiger partial charge >= 0.3 is 0 Å². The molecule has 1 amide bonds. The van der Waals surface area contributed by atoms with E-state index in [4.69, 9.17) is 0 Å². The second kappa shape index (κ2) is 9.94. The number of aryl methyl sites for hydroxylation is 2. The van der Waals surface area contributed by atoms with Gasteiger partial charge in [0.2, 0.25) is 10.0 Å². The standard InChI is InChI=1S/C24H33N3O3S/c1-5-27(6-2)31(29,30)23-17-22(11-10-20(23)4)24(28)26-14-12-25(13-15-26)18-21-9-7-8-19(3)16-21/h7-11,16-17H,5-6,12-15,18H2,1-4H3. The molecule has 0 aliphatic carbocycles. The van der Waals surface area contributed by atoms with E-state index in [0.717, 1.165) is 19.6 Å². The highest BCUT2D eigenvalue weighted by Crippen LogP contribution is 2.22. The number of amides is 1. The third kappa shape index (κ3) is 5.34. The van der Waals surface area contributed by atoms with Crippen molar-refractivity contribution in [1.29, 1.82) is 0 Å². The van der Waals surface area contributed by atoms with Crippen LogP contribution < -0.4 is 0 Å². The largest absolute Gasteiger partial charge is 0.336 e. The van der Waals surface area contributed by atoms with Crippen molar-refractivity contribution >= 4 is 15.9 Å². The number of benzene rings is 2. The van der Waals surface area contributed by atoms with Crippen LogP contribution in [0.4, 0.5) is 0 Å². The zero-order valence-electron chi connectivity index (χ0n) is 19.0. The van der Waals surface area contributed by atoms with Crippen molar-refractivity contribution in [2.24, 2.45) is 0 Å². The van der Waals surface area contributed by atoms with E-state index < -0.39 is 10.0 Å². The van der Waals surface area contributed by atoms with Crippen molar-refractivity contribution in [1.82, 2.24) is 14.1 Å². The number of nitrogens with zero attached hydrogens (tertiary/aromatic N) is 3. The molecule has 1 aliphatic rings. The first kappa shape index (κ1) is 23.4. The van der Waals surface area contributed by atoms with Gasteiger partial charge in [0.25, 0.3) is 5.91 Å². The number of carbonyl (C=O) groups is 1. The molecule has 7 heteroatoms. The number of rotatable bonds is 7. The molecule has 1 fully saturated rings. The molecule has 0 saturated carbocycles. The first-order valence-electron chi connectivity index (χ1n) is 10.9. The van der Waals surface area contributed by atoms with Crippen LogP contribution in [0.5, 0.6) is 0 Å². The predicted molar refractivity (Wildman–Crippen MR) is 124 cm³/mol. The lowest BCUT2D eigenvalue weighted by molar-refractivity contribution is 0.0628. The Hall–Kier alpha value is -2.22. The van der Waals surface area contributed by atoms with Gasteiger partial charge in [-0.25, -0.2) is 8.42 Å². The Bertz CT molecular complexity index is 1020. The van der Waals surface area contributed by atoms with E-state index in [9.17, 15) is 13.2 Å². The first-order chi connectivity index (χ1) is 14.8. The van der Waals surface area contributed by atoms with E-state index in [1.54, 1.807) is 25.1 Å². The van der Waals surface area contributed by atoms with Crippen LogP contribution in [0.1, 0.15) is 40.9 Å². The maximum absolute atomic E-state index is 13.1. The average molecular weight is 444 g/mol. The number of carbonyl (C=O) groups excluding carboxylic acids is 1. The minimum atomic E-state index is -3.61. The molecule has 3 rings (SSSR count). The van der Waals surface area contributed by atoms with E-state index in [0.29, 0.717) is 37.3 Å².